The van der Waals surface area contributed by atoms with E-state index in [0.717, 1.165) is 12.1 Å². The third-order valence-electron chi connectivity index (χ3n) is 7.06. The van der Waals surface area contributed by atoms with Crippen LogP contribution in [0.25, 0.3) is 17.0 Å². The van der Waals surface area contributed by atoms with Crippen molar-refractivity contribution in [2.24, 2.45) is 0 Å². The summed E-state index contributed by atoms with van der Waals surface area (Å²) >= 11 is 0. The van der Waals surface area contributed by atoms with Gasteiger partial charge in [-0.05, 0) is 73.1 Å². The van der Waals surface area contributed by atoms with Gasteiger partial charge in [-0.1, -0.05) is 30.3 Å². The Bertz CT molecular complexity index is 1350. The lowest BCUT2D eigenvalue weighted by Crippen LogP contribution is -2.26. The van der Waals surface area contributed by atoms with Crippen LogP contribution in [0.5, 0.6) is 0 Å². The molecule has 2 nitrogen and oxygen atoms in total. The molecule has 1 heterocycles. The summed E-state index contributed by atoms with van der Waals surface area (Å²) in [4.78, 5) is 0. The molecule has 3 aromatic carbocycles. The monoisotopic (exact) mass is 578 g/mol. The van der Waals surface area contributed by atoms with Crippen LogP contribution in [0.4, 0.5) is 30.7 Å². The van der Waals surface area contributed by atoms with Crippen LogP contribution >= 0.6 is 0 Å². The van der Waals surface area contributed by atoms with Crippen LogP contribution in [-0.4, -0.2) is 25.9 Å². The van der Waals surface area contributed by atoms with Gasteiger partial charge in [0, 0.05) is 17.0 Å². The molecule has 1 fully saturated rings. The molecule has 0 spiro atoms. The summed E-state index contributed by atoms with van der Waals surface area (Å²) in [5.41, 5.74) is 0.826. The minimum absolute atomic E-state index is 0.0280. The van der Waals surface area contributed by atoms with Gasteiger partial charge in [0.2, 0.25) is 0 Å². The lowest BCUT2D eigenvalue weighted by Gasteiger charge is -2.30. The van der Waals surface area contributed by atoms with Crippen LogP contribution < -0.4 is 0 Å². The third kappa shape index (κ3) is 7.65. The van der Waals surface area contributed by atoms with Crippen LogP contribution in [0.1, 0.15) is 48.3 Å². The van der Waals surface area contributed by atoms with Gasteiger partial charge in [-0.2, -0.15) is 0 Å². The highest BCUT2D eigenvalue weighted by Crippen LogP contribution is 2.35. The van der Waals surface area contributed by atoms with Crippen molar-refractivity contribution in [2.45, 2.75) is 44.1 Å². The van der Waals surface area contributed by atoms with Crippen LogP contribution in [0.2, 0.25) is 0 Å². The molecule has 1 saturated heterocycles. The van der Waals surface area contributed by atoms with Crippen molar-refractivity contribution in [3.63, 3.8) is 0 Å². The van der Waals surface area contributed by atoms with Crippen molar-refractivity contribution in [3.8, 4) is 11.1 Å². The van der Waals surface area contributed by atoms with E-state index in [9.17, 15) is 22.0 Å². The molecular weight excluding hydrogens is 549 g/mol. The van der Waals surface area contributed by atoms with Crippen molar-refractivity contribution >= 4 is 5.83 Å². The van der Waals surface area contributed by atoms with Crippen molar-refractivity contribution in [2.75, 3.05) is 19.8 Å². The van der Waals surface area contributed by atoms with E-state index in [0.29, 0.717) is 36.8 Å². The summed E-state index contributed by atoms with van der Waals surface area (Å²) in [6.45, 7) is 3.28. The summed E-state index contributed by atoms with van der Waals surface area (Å²) in [6.07, 6.45) is 3.43. The summed E-state index contributed by atoms with van der Waals surface area (Å²) in [6, 6.07) is 9.80. The molecule has 2 atom stereocenters. The zero-order valence-electron chi connectivity index (χ0n) is 22.2. The fourth-order valence-electron chi connectivity index (χ4n) is 4.84. The van der Waals surface area contributed by atoms with E-state index in [1.807, 2.05) is 0 Å². The Kier molecular flexibility index (Phi) is 10.4. The average Bonchev–Trinajstić information content (AvgIpc) is 2.96. The minimum atomic E-state index is -1.52. The third-order valence-corrected chi connectivity index (χ3v) is 7.06. The second-order valence-corrected chi connectivity index (χ2v) is 9.92. The van der Waals surface area contributed by atoms with E-state index in [-0.39, 0.29) is 42.4 Å². The first kappa shape index (κ1) is 30.5. The number of hydrogen-bond acceptors (Lipinski definition) is 2. The fraction of sp³-hybridized carbons (Fsp3) is 0.312. The predicted molar refractivity (Wildman–Crippen MR) is 143 cm³/mol. The van der Waals surface area contributed by atoms with Crippen molar-refractivity contribution in [1.82, 2.24) is 0 Å². The maximum atomic E-state index is 15.1. The van der Waals surface area contributed by atoms with Gasteiger partial charge >= 0.3 is 0 Å². The first-order valence-corrected chi connectivity index (χ1v) is 13.3. The number of benzene rings is 3. The molecule has 0 N–H and O–H groups in total. The maximum Gasteiger partial charge on any atom is 0.194 e. The Hall–Kier alpha value is -3.43. The Balaban J connectivity index is 1.37. The zero-order chi connectivity index (χ0) is 29.5. The highest BCUT2D eigenvalue weighted by Gasteiger charge is 2.28. The Labute approximate surface area is 234 Å². The molecular formula is C32H29F7O2. The maximum absolute atomic E-state index is 15.1. The SMILES string of the molecule is C=CCCOC/C(F)=C(\F)c1ccc(-c2cc(F)c(C3CCC(CCc4cc(F)c(F)c(F)c4)OC3)c(F)c2)cc1. The number of rotatable bonds is 11. The zero-order valence-corrected chi connectivity index (χ0v) is 22.2. The lowest BCUT2D eigenvalue weighted by molar-refractivity contribution is -0.00185. The topological polar surface area (TPSA) is 18.5 Å². The molecule has 41 heavy (non-hydrogen) atoms. The summed E-state index contributed by atoms with van der Waals surface area (Å²) < 4.78 is 110. The van der Waals surface area contributed by atoms with E-state index in [4.69, 9.17) is 9.47 Å². The molecule has 2 unspecified atom stereocenters. The molecule has 0 amide bonds. The van der Waals surface area contributed by atoms with Crippen molar-refractivity contribution < 1.29 is 40.2 Å². The molecule has 9 heteroatoms. The molecule has 0 saturated carbocycles. The molecule has 218 valence electrons. The van der Waals surface area contributed by atoms with E-state index < -0.39 is 53.3 Å². The van der Waals surface area contributed by atoms with Gasteiger partial charge in [-0.3, -0.25) is 0 Å². The van der Waals surface area contributed by atoms with Gasteiger partial charge in [0.05, 0.1) is 19.3 Å². The van der Waals surface area contributed by atoms with E-state index in [1.165, 1.54) is 36.4 Å². The van der Waals surface area contributed by atoms with Gasteiger partial charge in [-0.15, -0.1) is 6.58 Å². The molecule has 0 radical (unpaired) electrons. The minimum Gasteiger partial charge on any atom is -0.378 e. The highest BCUT2D eigenvalue weighted by atomic mass is 19.2. The number of ether oxygens (including phenoxy) is 2. The lowest BCUT2D eigenvalue weighted by atomic mass is 9.88. The number of aryl methyl sites for hydroxylation is 1. The van der Waals surface area contributed by atoms with Gasteiger partial charge in [-0.25, -0.2) is 30.7 Å². The fourth-order valence-corrected chi connectivity index (χ4v) is 4.84. The summed E-state index contributed by atoms with van der Waals surface area (Å²) in [5, 5.41) is 0. The van der Waals surface area contributed by atoms with Crippen LogP contribution in [-0.2, 0) is 15.9 Å². The molecule has 0 bridgehead atoms. The molecule has 1 aliphatic rings. The largest absolute Gasteiger partial charge is 0.378 e. The first-order valence-electron chi connectivity index (χ1n) is 13.3. The van der Waals surface area contributed by atoms with Crippen LogP contribution in [0, 0.1) is 29.1 Å². The quantitative estimate of drug-likeness (QED) is 0.0978. The molecule has 3 aromatic rings. The summed E-state index contributed by atoms with van der Waals surface area (Å²) in [7, 11) is 0. The Morgan fingerprint density at radius 2 is 1.54 bits per heavy atom. The molecule has 4 rings (SSSR count). The number of hydrogen-bond donors (Lipinski definition) is 0. The van der Waals surface area contributed by atoms with E-state index in [1.54, 1.807) is 6.08 Å². The predicted octanol–water partition coefficient (Wildman–Crippen LogP) is 9.14. The average molecular weight is 579 g/mol. The van der Waals surface area contributed by atoms with Gasteiger partial charge in [0.25, 0.3) is 0 Å². The van der Waals surface area contributed by atoms with Crippen molar-refractivity contribution in [1.29, 1.82) is 0 Å². The van der Waals surface area contributed by atoms with E-state index >= 15 is 8.78 Å². The van der Waals surface area contributed by atoms with E-state index in [2.05, 4.69) is 6.58 Å². The first-order chi connectivity index (χ1) is 19.7. The molecule has 1 aliphatic heterocycles. The molecule has 0 aliphatic carbocycles. The van der Waals surface area contributed by atoms with Crippen molar-refractivity contribution in [3.05, 3.63) is 113 Å². The highest BCUT2D eigenvalue weighted by molar-refractivity contribution is 5.69. The smallest absolute Gasteiger partial charge is 0.194 e. The normalized spacial score (nSPS) is 17.8. The van der Waals surface area contributed by atoms with Crippen LogP contribution in [0.3, 0.4) is 0 Å². The summed E-state index contributed by atoms with van der Waals surface area (Å²) in [5.74, 6) is -8.19. The second-order valence-electron chi connectivity index (χ2n) is 9.92. The second kappa shape index (κ2) is 14.0. The van der Waals surface area contributed by atoms with Gasteiger partial charge in [0.15, 0.2) is 29.1 Å². The Morgan fingerprint density at radius 1 is 0.878 bits per heavy atom. The molecule has 0 aromatic heterocycles. The Morgan fingerprint density at radius 3 is 2.12 bits per heavy atom. The number of halogens is 7. The van der Waals surface area contributed by atoms with Gasteiger partial charge < -0.3 is 9.47 Å². The van der Waals surface area contributed by atoms with Crippen LogP contribution in [0.15, 0.2) is 67.0 Å². The van der Waals surface area contributed by atoms with Gasteiger partial charge in [0.1, 0.15) is 18.2 Å². The standard InChI is InChI=1S/C32H29F7O2/c1-2-3-12-40-18-29(37)31(38)21-7-5-20(6-8-21)23-15-25(33)30(26(34)16-23)22-9-11-24(41-17-22)10-4-19-13-27(35)32(39)28(36)14-19/h2,5-8,13-16,22,24H,1,3-4,9-12,17-18H2/b31-29+.